The number of ether oxygens (including phenoxy) is 1. The van der Waals surface area contributed by atoms with Crippen LogP contribution in [0.3, 0.4) is 0 Å². The quantitative estimate of drug-likeness (QED) is 0.0391. The van der Waals surface area contributed by atoms with Crippen LogP contribution in [0, 0.1) is 0 Å². The first-order valence-electron chi connectivity index (χ1n) is 22.3. The smallest absolute Gasteiger partial charge is 0.306 e. The van der Waals surface area contributed by atoms with E-state index in [2.05, 4.69) is 38.2 Å². The van der Waals surface area contributed by atoms with E-state index in [0.29, 0.717) is 12.8 Å². The number of carboxylic acids is 1. The van der Waals surface area contributed by atoms with Gasteiger partial charge in [-0.1, -0.05) is 192 Å². The molecule has 0 amide bonds. The monoisotopic (exact) mass is 703 g/mol. The number of carboxylic acid groups (broad SMARTS) is 1. The summed E-state index contributed by atoms with van der Waals surface area (Å²) < 4.78 is 5.92. The highest BCUT2D eigenvalue weighted by Gasteiger charge is 2.14. The molecule has 4 nitrogen and oxygen atoms in total. The predicted octanol–water partition coefficient (Wildman–Crippen LogP) is 15.6. The van der Waals surface area contributed by atoms with Gasteiger partial charge in [-0.15, -0.1) is 0 Å². The maximum atomic E-state index is 12.6. The lowest BCUT2D eigenvalue weighted by Gasteiger charge is -2.18. The largest absolute Gasteiger partial charge is 0.481 e. The molecule has 0 heterocycles. The highest BCUT2D eigenvalue weighted by molar-refractivity contribution is 5.69. The Morgan fingerprint density at radius 2 is 0.780 bits per heavy atom. The van der Waals surface area contributed by atoms with Crippen LogP contribution in [-0.2, 0) is 14.3 Å². The number of esters is 1. The van der Waals surface area contributed by atoms with Gasteiger partial charge in [-0.2, -0.15) is 0 Å². The van der Waals surface area contributed by atoms with Crippen LogP contribution in [0.25, 0.3) is 0 Å². The fourth-order valence-corrected chi connectivity index (χ4v) is 6.86. The van der Waals surface area contributed by atoms with Crippen LogP contribution in [0.5, 0.6) is 0 Å². The number of aliphatic carboxylic acids is 1. The molecule has 0 aliphatic carbocycles. The third kappa shape index (κ3) is 40.8. The minimum absolute atomic E-state index is 0.0441. The molecule has 4 heteroatoms. The Labute approximate surface area is 312 Å². The Morgan fingerprint density at radius 3 is 1.24 bits per heavy atom. The number of hydrogen-bond acceptors (Lipinski definition) is 3. The van der Waals surface area contributed by atoms with Crippen LogP contribution in [0.4, 0.5) is 0 Å². The molecule has 0 radical (unpaired) electrons. The first-order chi connectivity index (χ1) is 24.6. The van der Waals surface area contributed by atoms with Crippen molar-refractivity contribution < 1.29 is 19.4 Å². The lowest BCUT2D eigenvalue weighted by molar-refractivity contribution is -0.150. The van der Waals surface area contributed by atoms with E-state index in [4.69, 9.17) is 9.84 Å². The molecule has 294 valence electrons. The molecular weight excluding hydrogens is 617 g/mol. The Balaban J connectivity index is 3.79. The fourth-order valence-electron chi connectivity index (χ4n) is 6.86. The first kappa shape index (κ1) is 48.4. The molecule has 0 aliphatic rings. The van der Waals surface area contributed by atoms with Crippen LogP contribution >= 0.6 is 0 Å². The summed E-state index contributed by atoms with van der Waals surface area (Å²) in [5, 5.41) is 8.97. The number of allylic oxidation sites excluding steroid dienone is 4. The molecule has 0 saturated carbocycles. The third-order valence-electron chi connectivity index (χ3n) is 10.2. The van der Waals surface area contributed by atoms with Gasteiger partial charge in [0.05, 0.1) is 0 Å². The summed E-state index contributed by atoms with van der Waals surface area (Å²) in [5.74, 6) is -0.791. The molecule has 1 unspecified atom stereocenters. The van der Waals surface area contributed by atoms with Crippen LogP contribution in [-0.4, -0.2) is 23.1 Å². The number of unbranched alkanes of at least 4 members (excludes halogenated alkanes) is 28. The predicted molar refractivity (Wildman–Crippen MR) is 218 cm³/mol. The number of carbonyl (C=O) groups excluding carboxylic acids is 1. The van der Waals surface area contributed by atoms with Crippen molar-refractivity contribution in [3.05, 3.63) is 24.3 Å². The minimum atomic E-state index is -0.739. The van der Waals surface area contributed by atoms with Crippen LogP contribution < -0.4 is 0 Å². The molecule has 0 fully saturated rings. The average Bonchev–Trinajstić information content (AvgIpc) is 3.10. The summed E-state index contributed by atoms with van der Waals surface area (Å²) in [6.07, 6.45) is 53.5. The van der Waals surface area contributed by atoms with Gasteiger partial charge in [-0.05, 0) is 70.6 Å². The maximum Gasteiger partial charge on any atom is 0.306 e. The zero-order chi connectivity index (χ0) is 36.4. The summed E-state index contributed by atoms with van der Waals surface area (Å²) in [4.78, 5) is 23.5. The van der Waals surface area contributed by atoms with Gasteiger partial charge in [-0.25, -0.2) is 0 Å². The third-order valence-corrected chi connectivity index (χ3v) is 10.2. The molecule has 0 saturated heterocycles. The van der Waals surface area contributed by atoms with Gasteiger partial charge in [0, 0.05) is 12.8 Å². The molecule has 1 N–H and O–H groups in total. The summed E-state index contributed by atoms with van der Waals surface area (Å²) in [6.45, 7) is 4.54. The summed E-state index contributed by atoms with van der Waals surface area (Å²) in [7, 11) is 0. The Bertz CT molecular complexity index is 757. The molecule has 0 aromatic rings. The normalized spacial score (nSPS) is 12.4. The van der Waals surface area contributed by atoms with Crippen LogP contribution in [0.2, 0.25) is 0 Å². The molecule has 50 heavy (non-hydrogen) atoms. The molecule has 0 aromatic heterocycles. The van der Waals surface area contributed by atoms with E-state index in [1.165, 1.54) is 173 Å². The SMILES string of the molecule is CCCCC/C=C\C/C=C\CCCCCCCCCCCCCC(=O)OC(CCCCCCCCCCCCCCCC)CCCCC(=O)O. The molecule has 1 atom stereocenters. The van der Waals surface area contributed by atoms with Crippen molar-refractivity contribution in [1.29, 1.82) is 0 Å². The minimum Gasteiger partial charge on any atom is -0.481 e. The van der Waals surface area contributed by atoms with Crippen molar-refractivity contribution in [3.8, 4) is 0 Å². The number of hydrogen-bond donors (Lipinski definition) is 1. The van der Waals surface area contributed by atoms with Crippen LogP contribution in [0.15, 0.2) is 24.3 Å². The van der Waals surface area contributed by atoms with Gasteiger partial charge in [0.1, 0.15) is 6.10 Å². The zero-order valence-corrected chi connectivity index (χ0v) is 33.7. The van der Waals surface area contributed by atoms with E-state index >= 15 is 0 Å². The zero-order valence-electron chi connectivity index (χ0n) is 33.7. The van der Waals surface area contributed by atoms with E-state index in [-0.39, 0.29) is 18.5 Å². The van der Waals surface area contributed by atoms with Gasteiger partial charge < -0.3 is 9.84 Å². The first-order valence-corrected chi connectivity index (χ1v) is 22.3. The van der Waals surface area contributed by atoms with Gasteiger partial charge in [0.2, 0.25) is 0 Å². The summed E-state index contributed by atoms with van der Waals surface area (Å²) >= 11 is 0. The Hall–Kier alpha value is -1.58. The second-order valence-corrected chi connectivity index (χ2v) is 15.2. The van der Waals surface area contributed by atoms with E-state index in [0.717, 1.165) is 44.9 Å². The van der Waals surface area contributed by atoms with Gasteiger partial charge in [0.25, 0.3) is 0 Å². The number of rotatable bonds is 41. The maximum absolute atomic E-state index is 12.6. The van der Waals surface area contributed by atoms with Crippen molar-refractivity contribution in [3.63, 3.8) is 0 Å². The van der Waals surface area contributed by atoms with Crippen molar-refractivity contribution in [2.45, 2.75) is 258 Å². The lowest BCUT2D eigenvalue weighted by Crippen LogP contribution is -2.18. The van der Waals surface area contributed by atoms with Crippen molar-refractivity contribution in [2.75, 3.05) is 0 Å². The van der Waals surface area contributed by atoms with Crippen molar-refractivity contribution in [2.24, 2.45) is 0 Å². The molecule has 0 aromatic carbocycles. The highest BCUT2D eigenvalue weighted by atomic mass is 16.5. The van der Waals surface area contributed by atoms with Crippen molar-refractivity contribution in [1.82, 2.24) is 0 Å². The molecule has 0 spiro atoms. The van der Waals surface area contributed by atoms with E-state index in [1.807, 2.05) is 0 Å². The van der Waals surface area contributed by atoms with Gasteiger partial charge in [-0.3, -0.25) is 9.59 Å². The van der Waals surface area contributed by atoms with Crippen LogP contribution in [0.1, 0.15) is 251 Å². The summed E-state index contributed by atoms with van der Waals surface area (Å²) in [5.41, 5.74) is 0. The molecule has 0 bridgehead atoms. The topological polar surface area (TPSA) is 63.6 Å². The van der Waals surface area contributed by atoms with Crippen molar-refractivity contribution >= 4 is 11.9 Å². The highest BCUT2D eigenvalue weighted by Crippen LogP contribution is 2.19. The van der Waals surface area contributed by atoms with E-state index < -0.39 is 5.97 Å². The second-order valence-electron chi connectivity index (χ2n) is 15.2. The van der Waals surface area contributed by atoms with Gasteiger partial charge in [0.15, 0.2) is 0 Å². The van der Waals surface area contributed by atoms with E-state index in [1.54, 1.807) is 0 Å². The van der Waals surface area contributed by atoms with E-state index in [9.17, 15) is 9.59 Å². The second kappa shape index (κ2) is 41.8. The Kier molecular flexibility index (Phi) is 40.5. The average molecular weight is 703 g/mol. The number of carbonyl (C=O) groups is 2. The standard InChI is InChI=1S/C46H86O4/c1-3-5-7-9-11-13-15-17-19-20-21-22-23-24-25-27-29-31-33-35-37-43-46(49)50-44(41-38-39-42-45(47)48)40-36-34-32-30-28-26-18-16-14-12-10-8-6-4-2/h11,13,17,19,44H,3-10,12,14-16,18,20-43H2,1-2H3,(H,47,48)/b13-11-,19-17-. The van der Waals surface area contributed by atoms with Gasteiger partial charge >= 0.3 is 11.9 Å². The summed E-state index contributed by atoms with van der Waals surface area (Å²) in [6, 6.07) is 0. The Morgan fingerprint density at radius 1 is 0.440 bits per heavy atom. The molecule has 0 rings (SSSR count). The molecular formula is C46H86O4. The lowest BCUT2D eigenvalue weighted by atomic mass is 10.0. The molecule has 0 aliphatic heterocycles. The fraction of sp³-hybridized carbons (Fsp3) is 0.870.